The first kappa shape index (κ1) is 40.7. The Morgan fingerprint density at radius 2 is 1.75 bits per heavy atom. The van der Waals surface area contributed by atoms with Crippen LogP contribution in [0.1, 0.15) is 87.5 Å². The van der Waals surface area contributed by atoms with Gasteiger partial charge in [-0.2, -0.15) is 0 Å². The van der Waals surface area contributed by atoms with Crippen LogP contribution in [0.15, 0.2) is 5.16 Å². The number of carbonyl (C=O) groups excluding carboxylic acids is 2. The third-order valence-corrected chi connectivity index (χ3v) is 10.9. The van der Waals surface area contributed by atoms with Gasteiger partial charge in [0.2, 0.25) is 0 Å². The molecule has 48 heavy (non-hydrogen) atoms. The summed E-state index contributed by atoms with van der Waals surface area (Å²) in [5.41, 5.74) is -2.58. The van der Waals surface area contributed by atoms with E-state index in [0.717, 1.165) is 19.4 Å². The summed E-state index contributed by atoms with van der Waals surface area (Å²) in [5.74, 6) is -4.54. The molecule has 0 radical (unpaired) electrons. The van der Waals surface area contributed by atoms with E-state index in [2.05, 4.69) is 10.5 Å². The van der Waals surface area contributed by atoms with Crippen molar-refractivity contribution >= 4 is 17.5 Å². The summed E-state index contributed by atoms with van der Waals surface area (Å²) in [4.78, 5) is 35.5. The fourth-order valence-corrected chi connectivity index (χ4v) is 7.66. The average Bonchev–Trinajstić information content (AvgIpc) is 3.05. The Hall–Kier alpha value is -1.71. The van der Waals surface area contributed by atoms with Gasteiger partial charge in [-0.1, -0.05) is 32.9 Å². The first-order valence-corrected chi connectivity index (χ1v) is 17.7. The highest BCUT2D eigenvalue weighted by Crippen LogP contribution is 2.38. The number of cyclic esters (lactones) is 1. The second-order valence-corrected chi connectivity index (χ2v) is 15.0. The predicted octanol–water partition coefficient (Wildman–Crippen LogP) is 2.28. The molecule has 3 aliphatic heterocycles. The van der Waals surface area contributed by atoms with Crippen molar-refractivity contribution in [1.82, 2.24) is 10.2 Å². The van der Waals surface area contributed by atoms with E-state index in [0.29, 0.717) is 18.7 Å². The highest BCUT2D eigenvalue weighted by Gasteiger charge is 2.51. The van der Waals surface area contributed by atoms with Gasteiger partial charge < -0.3 is 49.3 Å². The minimum absolute atomic E-state index is 0.165. The number of piperidine rings is 1. The number of carbonyl (C=O) groups is 2. The number of likely N-dealkylation sites (N-methyl/N-ethyl adjacent to an activating group) is 1. The quantitative estimate of drug-likeness (QED) is 0.176. The molecule has 0 aromatic carbocycles. The van der Waals surface area contributed by atoms with E-state index in [1.165, 1.54) is 21.0 Å². The van der Waals surface area contributed by atoms with Gasteiger partial charge in [0.05, 0.1) is 29.6 Å². The second-order valence-electron chi connectivity index (χ2n) is 15.0. The lowest BCUT2D eigenvalue weighted by atomic mass is 9.74. The molecule has 0 saturated carbocycles. The van der Waals surface area contributed by atoms with E-state index in [1.54, 1.807) is 20.8 Å². The third kappa shape index (κ3) is 9.14. The molecule has 1 unspecified atom stereocenters. The molecule has 0 aromatic rings. The molecule has 3 fully saturated rings. The molecule has 0 aromatic heterocycles. The topological polar surface area (TPSA) is 169 Å². The van der Waals surface area contributed by atoms with Crippen LogP contribution in [0.4, 0.5) is 0 Å². The van der Waals surface area contributed by atoms with Crippen LogP contribution in [0.3, 0.4) is 0 Å². The van der Waals surface area contributed by atoms with Crippen molar-refractivity contribution in [3.8, 4) is 0 Å². The maximum atomic E-state index is 14.1. The van der Waals surface area contributed by atoms with Crippen molar-refractivity contribution < 1.29 is 48.7 Å². The second kappa shape index (κ2) is 17.0. The van der Waals surface area contributed by atoms with E-state index in [-0.39, 0.29) is 31.1 Å². The van der Waals surface area contributed by atoms with Crippen molar-refractivity contribution in [2.24, 2.45) is 28.8 Å². The summed E-state index contributed by atoms with van der Waals surface area (Å²) in [7, 11) is 5.29. The number of aliphatic hydroxyl groups is 3. The van der Waals surface area contributed by atoms with Crippen LogP contribution in [-0.4, -0.2) is 132 Å². The number of ether oxygens (including phenoxy) is 4. The monoisotopic (exact) mass is 685 g/mol. The lowest BCUT2D eigenvalue weighted by Crippen LogP contribution is -2.60. The molecule has 3 saturated heterocycles. The first-order chi connectivity index (χ1) is 22.4. The number of aliphatic hydroxyl groups excluding tert-OH is 2. The third-order valence-electron chi connectivity index (χ3n) is 10.9. The minimum atomic E-state index is -1.88. The average molecular weight is 686 g/mol. The standard InChI is InChI=1S/C35H63N3O10/c1-12-26-35(8,43)30(41)21(4)27(37-48-24-14-13-15-36-18-24)19(2)17-34(7,44-11)31(22(5)28(39)23(6)32(42)46-26)47-33-29(40)25(38(9)10)16-20(3)45-33/h19-26,29-31,33,36,40-41,43H,12-18H2,1-11H3/b37-27+/t19-,20-,21+,22+,23-,24?,25+,26-,29-,30-,31-,33+,34+,35-/m1/s1. The first-order valence-electron chi connectivity index (χ1n) is 17.7. The Morgan fingerprint density at radius 1 is 1.08 bits per heavy atom. The Balaban J connectivity index is 2.14. The van der Waals surface area contributed by atoms with Gasteiger partial charge in [0.25, 0.3) is 0 Å². The number of hydrogen-bond acceptors (Lipinski definition) is 13. The Morgan fingerprint density at radius 3 is 2.31 bits per heavy atom. The molecule has 13 nitrogen and oxygen atoms in total. The van der Waals surface area contributed by atoms with Gasteiger partial charge in [-0.3, -0.25) is 9.59 Å². The number of oxime groups is 1. The fourth-order valence-electron chi connectivity index (χ4n) is 7.66. The lowest BCUT2D eigenvalue weighted by molar-refractivity contribution is -0.295. The van der Waals surface area contributed by atoms with Crippen molar-refractivity contribution in [3.63, 3.8) is 0 Å². The lowest BCUT2D eigenvalue weighted by Gasteiger charge is -2.47. The van der Waals surface area contributed by atoms with Crippen molar-refractivity contribution in [2.75, 3.05) is 34.3 Å². The molecule has 278 valence electrons. The van der Waals surface area contributed by atoms with E-state index in [4.69, 9.17) is 23.8 Å². The van der Waals surface area contributed by atoms with E-state index in [9.17, 15) is 24.9 Å². The number of nitrogens with one attached hydrogen (secondary N) is 1. The molecule has 3 rings (SSSR count). The summed E-state index contributed by atoms with van der Waals surface area (Å²) in [6.45, 7) is 15.3. The van der Waals surface area contributed by atoms with Crippen LogP contribution in [0, 0.1) is 23.7 Å². The fraction of sp³-hybridized carbons (Fsp3) is 0.914. The van der Waals surface area contributed by atoms with Gasteiger partial charge >= 0.3 is 5.97 Å². The van der Waals surface area contributed by atoms with Crippen LogP contribution < -0.4 is 5.32 Å². The predicted molar refractivity (Wildman–Crippen MR) is 180 cm³/mol. The summed E-state index contributed by atoms with van der Waals surface area (Å²) in [6.07, 6.45) is -3.21. The SMILES string of the molecule is CC[C@H]1OC(=O)[C@H](C)C(=O)[C@H](C)[C@@H](O[C@@H]2O[C@H](C)C[C@H](N(C)C)[C@H]2O)[C@@](C)(OC)C[C@@H](C)/C(=N\OC2CCCNC2)[C@H](C)[C@@H](O)[C@]1(C)O. The number of hydrogen-bond donors (Lipinski definition) is 4. The van der Waals surface area contributed by atoms with Crippen molar-refractivity contribution in [1.29, 1.82) is 0 Å². The molecule has 3 heterocycles. The van der Waals surface area contributed by atoms with Gasteiger partial charge in [0.15, 0.2) is 12.1 Å². The summed E-state index contributed by atoms with van der Waals surface area (Å²) >= 11 is 0. The summed E-state index contributed by atoms with van der Waals surface area (Å²) in [6, 6.07) is -0.254. The number of methoxy groups -OCH3 is 1. The molecular formula is C35H63N3O10. The molecule has 0 bridgehead atoms. The highest BCUT2D eigenvalue weighted by molar-refractivity contribution is 6.00. The van der Waals surface area contributed by atoms with Gasteiger partial charge in [-0.05, 0) is 80.4 Å². The maximum Gasteiger partial charge on any atom is 0.316 e. The highest BCUT2D eigenvalue weighted by atomic mass is 16.7. The van der Waals surface area contributed by atoms with Gasteiger partial charge in [-0.15, -0.1) is 0 Å². The normalized spacial score (nSPS) is 45.1. The zero-order chi connectivity index (χ0) is 36.1. The minimum Gasteiger partial charge on any atom is -0.459 e. The molecule has 13 heteroatoms. The molecule has 3 aliphatic rings. The van der Waals surface area contributed by atoms with Crippen LogP contribution in [-0.2, 0) is 33.4 Å². The number of rotatable bonds is 7. The van der Waals surface area contributed by atoms with Crippen molar-refractivity contribution in [3.05, 3.63) is 0 Å². The Kier molecular flexibility index (Phi) is 14.4. The maximum absolute atomic E-state index is 14.1. The van der Waals surface area contributed by atoms with E-state index < -0.39 is 77.3 Å². The van der Waals surface area contributed by atoms with Gasteiger partial charge in [0.1, 0.15) is 29.8 Å². The molecule has 4 N–H and O–H groups in total. The van der Waals surface area contributed by atoms with Crippen LogP contribution in [0.25, 0.3) is 0 Å². The van der Waals surface area contributed by atoms with Gasteiger partial charge in [-0.25, -0.2) is 0 Å². The smallest absolute Gasteiger partial charge is 0.316 e. The molecule has 14 atom stereocenters. The molecule has 0 aliphatic carbocycles. The Bertz CT molecular complexity index is 1100. The number of Topliss-reactive ketones (excluding diaryl/α,β-unsaturated/α-hetero) is 1. The molecule has 0 spiro atoms. The van der Waals surface area contributed by atoms with E-state index in [1.807, 2.05) is 39.8 Å². The summed E-state index contributed by atoms with van der Waals surface area (Å²) in [5, 5.41) is 42.7. The molecular weight excluding hydrogens is 622 g/mol. The van der Waals surface area contributed by atoms with Crippen molar-refractivity contribution in [2.45, 2.75) is 148 Å². The van der Waals surface area contributed by atoms with Gasteiger partial charge in [0, 0.05) is 37.5 Å². The summed E-state index contributed by atoms with van der Waals surface area (Å²) < 4.78 is 24.7. The van der Waals surface area contributed by atoms with E-state index >= 15 is 0 Å². The van der Waals surface area contributed by atoms with Crippen LogP contribution >= 0.6 is 0 Å². The Labute approximate surface area is 287 Å². The zero-order valence-electron chi connectivity index (χ0n) is 31.0. The largest absolute Gasteiger partial charge is 0.459 e. The number of nitrogens with zero attached hydrogens (tertiary/aromatic N) is 2. The molecule has 0 amide bonds. The number of ketones is 1. The number of esters is 1. The van der Waals surface area contributed by atoms with Crippen LogP contribution in [0.5, 0.6) is 0 Å². The zero-order valence-corrected chi connectivity index (χ0v) is 31.0. The van der Waals surface area contributed by atoms with Crippen LogP contribution in [0.2, 0.25) is 0 Å².